The molecule has 3 rings (SSSR count). The van der Waals surface area contributed by atoms with E-state index >= 15 is 0 Å². The minimum atomic E-state index is -0.346. The van der Waals surface area contributed by atoms with Crippen molar-refractivity contribution in [3.05, 3.63) is 41.4 Å². The van der Waals surface area contributed by atoms with Gasteiger partial charge in [-0.25, -0.2) is 4.98 Å². The summed E-state index contributed by atoms with van der Waals surface area (Å²) in [7, 11) is 1.61. The molecule has 2 aromatic rings. The Labute approximate surface area is 138 Å². The average molecular weight is 331 g/mol. The highest BCUT2D eigenvalue weighted by atomic mass is 32.1. The average Bonchev–Trinajstić information content (AvgIpc) is 3.18. The van der Waals surface area contributed by atoms with Gasteiger partial charge in [-0.3, -0.25) is 9.59 Å². The molecule has 6 nitrogen and oxygen atoms in total. The summed E-state index contributed by atoms with van der Waals surface area (Å²) in [5.41, 5.74) is 0.935. The zero-order valence-corrected chi connectivity index (χ0v) is 13.5. The molecule has 0 bridgehead atoms. The summed E-state index contributed by atoms with van der Waals surface area (Å²) in [5.74, 6) is 0.225. The number of benzene rings is 1. The number of thiazole rings is 1. The Bertz CT molecular complexity index is 702. The number of nitrogens with zero attached hydrogens (tertiary/aromatic N) is 2. The van der Waals surface area contributed by atoms with E-state index in [2.05, 4.69) is 10.3 Å². The van der Waals surface area contributed by atoms with Crippen molar-refractivity contribution in [2.75, 3.05) is 19.0 Å². The number of carbonyl (C=O) groups is 2. The standard InChI is InChI=1S/C16H17N3O3S/c1-22-13-5-3-2-4-11(13)9-19-10-12(8-14(19)20)15(21)18-16-17-6-7-23-16/h2-7,12H,8-10H2,1H3,(H,17,18,21). The van der Waals surface area contributed by atoms with Crippen LogP contribution in [-0.4, -0.2) is 35.4 Å². The largest absolute Gasteiger partial charge is 0.496 e. The minimum absolute atomic E-state index is 0.0183. The molecule has 120 valence electrons. The Kier molecular flexibility index (Phi) is 4.57. The van der Waals surface area contributed by atoms with Gasteiger partial charge in [-0.1, -0.05) is 18.2 Å². The van der Waals surface area contributed by atoms with Crippen molar-refractivity contribution < 1.29 is 14.3 Å². The molecule has 1 unspecified atom stereocenters. The number of carbonyl (C=O) groups excluding carboxylic acids is 2. The van der Waals surface area contributed by atoms with Crippen LogP contribution >= 0.6 is 11.3 Å². The van der Waals surface area contributed by atoms with E-state index in [1.165, 1.54) is 11.3 Å². The molecule has 1 N–H and O–H groups in total. The fraction of sp³-hybridized carbons (Fsp3) is 0.312. The van der Waals surface area contributed by atoms with Gasteiger partial charge in [0.25, 0.3) is 0 Å². The second-order valence-electron chi connectivity index (χ2n) is 5.31. The zero-order valence-electron chi connectivity index (χ0n) is 12.7. The third-order valence-electron chi connectivity index (χ3n) is 3.80. The number of anilines is 1. The summed E-state index contributed by atoms with van der Waals surface area (Å²) in [6.07, 6.45) is 1.86. The molecule has 2 amide bonds. The molecule has 1 atom stereocenters. The lowest BCUT2D eigenvalue weighted by atomic mass is 10.1. The van der Waals surface area contributed by atoms with E-state index in [0.29, 0.717) is 18.2 Å². The second-order valence-corrected chi connectivity index (χ2v) is 6.21. The molecule has 1 saturated heterocycles. The monoisotopic (exact) mass is 331 g/mol. The van der Waals surface area contributed by atoms with E-state index in [1.807, 2.05) is 24.3 Å². The van der Waals surface area contributed by atoms with Gasteiger partial charge in [0.2, 0.25) is 11.8 Å². The molecular weight excluding hydrogens is 314 g/mol. The second kappa shape index (κ2) is 6.78. The van der Waals surface area contributed by atoms with Gasteiger partial charge in [0.1, 0.15) is 5.75 Å². The van der Waals surface area contributed by atoms with E-state index in [9.17, 15) is 9.59 Å². The first kappa shape index (κ1) is 15.5. The van der Waals surface area contributed by atoms with Gasteiger partial charge < -0.3 is 15.0 Å². The Morgan fingerprint density at radius 2 is 2.30 bits per heavy atom. The lowest BCUT2D eigenvalue weighted by Crippen LogP contribution is -2.28. The molecule has 2 heterocycles. The fourth-order valence-electron chi connectivity index (χ4n) is 2.63. The van der Waals surface area contributed by atoms with Crippen LogP contribution in [0.4, 0.5) is 5.13 Å². The van der Waals surface area contributed by atoms with E-state index < -0.39 is 0 Å². The van der Waals surface area contributed by atoms with Crippen LogP contribution in [-0.2, 0) is 16.1 Å². The van der Waals surface area contributed by atoms with E-state index in [0.717, 1.165) is 11.3 Å². The van der Waals surface area contributed by atoms with Gasteiger partial charge in [0.05, 0.1) is 13.0 Å². The van der Waals surface area contributed by atoms with Crippen molar-refractivity contribution in [1.82, 2.24) is 9.88 Å². The van der Waals surface area contributed by atoms with Crippen LogP contribution < -0.4 is 10.1 Å². The van der Waals surface area contributed by atoms with Crippen LogP contribution in [0, 0.1) is 5.92 Å². The number of para-hydroxylation sites is 1. The number of hydrogen-bond donors (Lipinski definition) is 1. The number of aromatic nitrogens is 1. The number of amides is 2. The molecule has 7 heteroatoms. The Morgan fingerprint density at radius 3 is 3.04 bits per heavy atom. The first-order valence-corrected chi connectivity index (χ1v) is 8.15. The smallest absolute Gasteiger partial charge is 0.231 e. The van der Waals surface area contributed by atoms with Gasteiger partial charge in [0.15, 0.2) is 5.13 Å². The summed E-state index contributed by atoms with van der Waals surface area (Å²) in [5, 5.41) is 5.11. The summed E-state index contributed by atoms with van der Waals surface area (Å²) in [4.78, 5) is 30.1. The van der Waals surface area contributed by atoms with Gasteiger partial charge in [-0.15, -0.1) is 11.3 Å². The first-order chi connectivity index (χ1) is 11.2. The zero-order chi connectivity index (χ0) is 16.2. The number of methoxy groups -OCH3 is 1. The molecule has 0 saturated carbocycles. The van der Waals surface area contributed by atoms with Gasteiger partial charge in [-0.05, 0) is 6.07 Å². The van der Waals surface area contributed by atoms with Crippen LogP contribution in [0.2, 0.25) is 0 Å². The summed E-state index contributed by atoms with van der Waals surface area (Å²) >= 11 is 1.36. The van der Waals surface area contributed by atoms with Crippen molar-refractivity contribution in [3.8, 4) is 5.75 Å². The Balaban J connectivity index is 1.64. The highest BCUT2D eigenvalue weighted by molar-refractivity contribution is 7.13. The molecule has 1 fully saturated rings. The summed E-state index contributed by atoms with van der Waals surface area (Å²) in [6, 6.07) is 7.58. The van der Waals surface area contributed by atoms with Crippen LogP contribution in [0.3, 0.4) is 0 Å². The molecule has 1 aromatic carbocycles. The third-order valence-corrected chi connectivity index (χ3v) is 4.49. The van der Waals surface area contributed by atoms with Crippen molar-refractivity contribution in [2.45, 2.75) is 13.0 Å². The highest BCUT2D eigenvalue weighted by Gasteiger charge is 2.34. The van der Waals surface area contributed by atoms with Gasteiger partial charge in [0, 0.05) is 36.7 Å². The maximum absolute atomic E-state index is 12.2. The number of likely N-dealkylation sites (tertiary alicyclic amines) is 1. The number of ether oxygens (including phenoxy) is 1. The molecule has 1 aliphatic heterocycles. The highest BCUT2D eigenvalue weighted by Crippen LogP contribution is 2.25. The van der Waals surface area contributed by atoms with E-state index in [1.54, 1.807) is 23.6 Å². The minimum Gasteiger partial charge on any atom is -0.496 e. The predicted molar refractivity (Wildman–Crippen MR) is 87.3 cm³/mol. The van der Waals surface area contributed by atoms with Crippen LogP contribution in [0.1, 0.15) is 12.0 Å². The van der Waals surface area contributed by atoms with Crippen LogP contribution in [0.25, 0.3) is 0 Å². The lowest BCUT2D eigenvalue weighted by molar-refractivity contribution is -0.128. The van der Waals surface area contributed by atoms with Crippen LogP contribution in [0.5, 0.6) is 5.75 Å². The SMILES string of the molecule is COc1ccccc1CN1CC(C(=O)Nc2nccs2)CC1=O. The predicted octanol–water partition coefficient (Wildman–Crippen LogP) is 2.14. The first-order valence-electron chi connectivity index (χ1n) is 7.27. The number of rotatable bonds is 5. The van der Waals surface area contributed by atoms with Crippen molar-refractivity contribution in [3.63, 3.8) is 0 Å². The maximum Gasteiger partial charge on any atom is 0.231 e. The topological polar surface area (TPSA) is 71.5 Å². The number of nitrogens with one attached hydrogen (secondary N) is 1. The Morgan fingerprint density at radius 1 is 1.48 bits per heavy atom. The van der Waals surface area contributed by atoms with Crippen molar-refractivity contribution in [2.24, 2.45) is 5.92 Å². The van der Waals surface area contributed by atoms with Crippen LogP contribution in [0.15, 0.2) is 35.8 Å². The molecule has 0 aliphatic carbocycles. The molecule has 0 radical (unpaired) electrons. The van der Waals surface area contributed by atoms with Gasteiger partial charge in [-0.2, -0.15) is 0 Å². The maximum atomic E-state index is 12.2. The summed E-state index contributed by atoms with van der Waals surface area (Å²) in [6.45, 7) is 0.859. The Hall–Kier alpha value is -2.41. The normalized spacial score (nSPS) is 17.3. The van der Waals surface area contributed by atoms with E-state index in [4.69, 9.17) is 4.74 Å². The van der Waals surface area contributed by atoms with Crippen molar-refractivity contribution >= 4 is 28.3 Å². The fourth-order valence-corrected chi connectivity index (χ4v) is 3.16. The van der Waals surface area contributed by atoms with Crippen molar-refractivity contribution in [1.29, 1.82) is 0 Å². The summed E-state index contributed by atoms with van der Waals surface area (Å²) < 4.78 is 5.31. The van der Waals surface area contributed by atoms with Gasteiger partial charge >= 0.3 is 0 Å². The molecule has 0 spiro atoms. The third kappa shape index (κ3) is 3.50. The molecular formula is C16H17N3O3S. The van der Waals surface area contributed by atoms with E-state index in [-0.39, 0.29) is 24.2 Å². The quantitative estimate of drug-likeness (QED) is 0.911. The molecule has 1 aliphatic rings. The number of hydrogen-bond acceptors (Lipinski definition) is 5. The molecule has 23 heavy (non-hydrogen) atoms. The molecule has 1 aromatic heterocycles. The lowest BCUT2D eigenvalue weighted by Gasteiger charge is -2.18.